The Hall–Kier alpha value is -3.94. The lowest BCUT2D eigenvalue weighted by atomic mass is 9.99. The van der Waals surface area contributed by atoms with Crippen molar-refractivity contribution in [3.63, 3.8) is 0 Å². The van der Waals surface area contributed by atoms with E-state index in [0.717, 1.165) is 16.7 Å². The summed E-state index contributed by atoms with van der Waals surface area (Å²) in [5, 5.41) is 13.1. The number of aromatic amines is 1. The van der Waals surface area contributed by atoms with Gasteiger partial charge in [0.1, 0.15) is 0 Å². The summed E-state index contributed by atoms with van der Waals surface area (Å²) in [6, 6.07) is 13.4. The van der Waals surface area contributed by atoms with Gasteiger partial charge in [0.05, 0.1) is 23.3 Å². The number of nitrogens with zero attached hydrogens (tertiary/aromatic N) is 3. The number of carbonyl (C=O) groups is 1. The molecule has 4 aromatic rings. The van der Waals surface area contributed by atoms with Gasteiger partial charge >= 0.3 is 6.16 Å². The maximum Gasteiger partial charge on any atom is 0.511 e. The van der Waals surface area contributed by atoms with Crippen molar-refractivity contribution in [3.8, 4) is 22.8 Å². The third-order valence-electron chi connectivity index (χ3n) is 4.13. The average molecular weight is 362 g/mol. The molecule has 2 N–H and O–H groups in total. The van der Waals surface area contributed by atoms with E-state index in [2.05, 4.69) is 19.8 Å². The molecule has 0 atom stereocenters. The van der Waals surface area contributed by atoms with Crippen LogP contribution in [0.15, 0.2) is 59.7 Å². The van der Waals surface area contributed by atoms with Crippen molar-refractivity contribution < 1.29 is 14.6 Å². The number of H-pyrrole nitrogens is 1. The van der Waals surface area contributed by atoms with E-state index in [1.165, 1.54) is 17.1 Å². The highest BCUT2D eigenvalue weighted by Crippen LogP contribution is 2.25. The van der Waals surface area contributed by atoms with E-state index in [1.54, 1.807) is 12.1 Å². The second-order valence-corrected chi connectivity index (χ2v) is 5.92. The number of hydrogen-bond donors (Lipinski definition) is 2. The summed E-state index contributed by atoms with van der Waals surface area (Å²) < 4.78 is 5.77. The van der Waals surface area contributed by atoms with Crippen LogP contribution in [-0.4, -0.2) is 31.0 Å². The molecule has 2 aromatic carbocycles. The smallest absolute Gasteiger partial charge is 0.449 e. The van der Waals surface area contributed by atoms with Crippen molar-refractivity contribution in [1.82, 2.24) is 19.7 Å². The van der Waals surface area contributed by atoms with Crippen LogP contribution in [0.5, 0.6) is 5.75 Å². The zero-order valence-electron chi connectivity index (χ0n) is 14.2. The highest BCUT2D eigenvalue weighted by Gasteiger charge is 2.11. The molecule has 0 spiro atoms. The lowest BCUT2D eigenvalue weighted by Gasteiger charge is -2.07. The molecule has 0 amide bonds. The fourth-order valence-corrected chi connectivity index (χ4v) is 2.87. The van der Waals surface area contributed by atoms with Gasteiger partial charge in [0.25, 0.3) is 5.56 Å². The van der Waals surface area contributed by atoms with E-state index in [-0.39, 0.29) is 17.3 Å². The molecule has 0 aliphatic rings. The number of benzene rings is 2. The average Bonchev–Trinajstić information content (AvgIpc) is 3.10. The molecule has 8 nitrogen and oxygen atoms in total. The van der Waals surface area contributed by atoms with Crippen molar-refractivity contribution in [2.45, 2.75) is 6.92 Å². The van der Waals surface area contributed by atoms with Gasteiger partial charge in [-0.1, -0.05) is 30.3 Å². The predicted octanol–water partition coefficient (Wildman–Crippen LogP) is 3.14. The van der Waals surface area contributed by atoms with Crippen LogP contribution >= 0.6 is 0 Å². The first-order chi connectivity index (χ1) is 13.0. The molecule has 0 aliphatic carbocycles. The maximum atomic E-state index is 12.6. The van der Waals surface area contributed by atoms with Crippen LogP contribution in [0.4, 0.5) is 4.79 Å². The Bertz CT molecular complexity index is 1230. The summed E-state index contributed by atoms with van der Waals surface area (Å²) >= 11 is 0. The first-order valence-electron chi connectivity index (χ1n) is 8.07. The number of carboxylic acid groups (broad SMARTS) is 1. The third-order valence-corrected chi connectivity index (χ3v) is 4.13. The lowest BCUT2D eigenvalue weighted by molar-refractivity contribution is 0.144. The number of rotatable bonds is 3. The van der Waals surface area contributed by atoms with Crippen LogP contribution < -0.4 is 10.3 Å². The normalized spacial score (nSPS) is 10.9. The van der Waals surface area contributed by atoms with Crippen LogP contribution in [-0.2, 0) is 0 Å². The molecule has 0 fully saturated rings. The quantitative estimate of drug-likeness (QED) is 0.542. The number of fused-ring (bicyclic) bond motifs is 1. The van der Waals surface area contributed by atoms with Crippen LogP contribution in [0.3, 0.4) is 0 Å². The fraction of sp³-hybridized carbons (Fsp3) is 0.0526. The van der Waals surface area contributed by atoms with Crippen LogP contribution in [0, 0.1) is 6.92 Å². The van der Waals surface area contributed by atoms with Crippen molar-refractivity contribution in [2.75, 3.05) is 0 Å². The summed E-state index contributed by atoms with van der Waals surface area (Å²) in [5.74, 6) is 0.191. The summed E-state index contributed by atoms with van der Waals surface area (Å²) in [5.41, 5.74) is 3.27. The molecule has 0 unspecified atom stereocenters. The van der Waals surface area contributed by atoms with Gasteiger partial charge in [-0.25, -0.2) is 14.5 Å². The number of aromatic nitrogens is 4. The monoisotopic (exact) mass is 362 g/mol. The summed E-state index contributed by atoms with van der Waals surface area (Å²) in [6.07, 6.45) is 1.10. The molecule has 0 aliphatic heterocycles. The van der Waals surface area contributed by atoms with Crippen LogP contribution in [0.25, 0.3) is 28.0 Å². The third kappa shape index (κ3) is 3.15. The predicted molar refractivity (Wildman–Crippen MR) is 98.3 cm³/mol. The number of ether oxygens (including phenoxy) is 1. The van der Waals surface area contributed by atoms with E-state index in [1.807, 2.05) is 37.3 Å². The van der Waals surface area contributed by atoms with Crippen LogP contribution in [0.2, 0.25) is 0 Å². The Kier molecular flexibility index (Phi) is 3.92. The van der Waals surface area contributed by atoms with E-state index >= 15 is 0 Å². The lowest BCUT2D eigenvalue weighted by Crippen LogP contribution is -2.14. The molecule has 0 radical (unpaired) electrons. The van der Waals surface area contributed by atoms with Crippen molar-refractivity contribution in [1.29, 1.82) is 0 Å². The first-order valence-corrected chi connectivity index (χ1v) is 8.07. The molecule has 4 rings (SSSR count). The molecule has 0 saturated carbocycles. The molecular formula is C19H14N4O4. The SMILES string of the molecule is Cc1ccccc1-c1ccc2nc(-n3cc(OC(=O)O)cn3)[nH]c(=O)c2c1. The Morgan fingerprint density at radius 3 is 2.81 bits per heavy atom. The molecule has 0 saturated heterocycles. The summed E-state index contributed by atoms with van der Waals surface area (Å²) in [7, 11) is 0. The zero-order chi connectivity index (χ0) is 19.0. The highest BCUT2D eigenvalue weighted by atomic mass is 16.7. The molecule has 8 heteroatoms. The maximum absolute atomic E-state index is 12.6. The first kappa shape index (κ1) is 16.5. The largest absolute Gasteiger partial charge is 0.511 e. The van der Waals surface area contributed by atoms with Crippen LogP contribution in [0.1, 0.15) is 5.56 Å². The molecule has 27 heavy (non-hydrogen) atoms. The topological polar surface area (TPSA) is 110 Å². The second kappa shape index (κ2) is 6.41. The Balaban J connectivity index is 1.78. The minimum Gasteiger partial charge on any atom is -0.449 e. The fourth-order valence-electron chi connectivity index (χ4n) is 2.87. The van der Waals surface area contributed by atoms with Gasteiger partial charge in [-0.3, -0.25) is 9.78 Å². The summed E-state index contributed by atoms with van der Waals surface area (Å²) in [4.78, 5) is 30.2. The Labute approximate surface area is 152 Å². The highest BCUT2D eigenvalue weighted by molar-refractivity contribution is 5.84. The zero-order valence-corrected chi connectivity index (χ0v) is 14.2. The van der Waals surface area contributed by atoms with Gasteiger partial charge in [0, 0.05) is 0 Å². The molecule has 0 bridgehead atoms. The molecule has 134 valence electrons. The van der Waals surface area contributed by atoms with Crippen molar-refractivity contribution in [2.24, 2.45) is 0 Å². The van der Waals surface area contributed by atoms with Crippen molar-refractivity contribution >= 4 is 17.1 Å². The van der Waals surface area contributed by atoms with Crippen molar-refractivity contribution in [3.05, 3.63) is 70.8 Å². The molecule has 2 heterocycles. The van der Waals surface area contributed by atoms with Gasteiger partial charge in [-0.2, -0.15) is 5.10 Å². The summed E-state index contributed by atoms with van der Waals surface area (Å²) in [6.45, 7) is 2.01. The van der Waals surface area contributed by atoms with E-state index < -0.39 is 6.16 Å². The number of hydrogen-bond acceptors (Lipinski definition) is 5. The second-order valence-electron chi connectivity index (χ2n) is 5.92. The van der Waals surface area contributed by atoms with E-state index in [4.69, 9.17) is 5.11 Å². The standard InChI is InChI=1S/C19H14N4O4/c1-11-4-2-3-5-14(11)12-6-7-16-15(8-12)17(24)22-18(21-16)23-10-13(9-20-23)27-19(25)26/h2-10H,1H3,(H,25,26)(H,21,22,24). The molecule has 2 aromatic heterocycles. The Morgan fingerprint density at radius 2 is 2.04 bits per heavy atom. The number of aryl methyl sites for hydroxylation is 1. The van der Waals surface area contributed by atoms with Gasteiger partial charge in [-0.15, -0.1) is 0 Å². The van der Waals surface area contributed by atoms with E-state index in [9.17, 15) is 9.59 Å². The Morgan fingerprint density at radius 1 is 1.22 bits per heavy atom. The minimum absolute atomic E-state index is 0.0279. The number of nitrogens with one attached hydrogen (secondary N) is 1. The van der Waals surface area contributed by atoms with Gasteiger partial charge in [-0.05, 0) is 35.7 Å². The molecular weight excluding hydrogens is 348 g/mol. The van der Waals surface area contributed by atoms with E-state index in [0.29, 0.717) is 10.9 Å². The minimum atomic E-state index is -1.45. The van der Waals surface area contributed by atoms with Gasteiger partial charge in [0.2, 0.25) is 5.95 Å². The van der Waals surface area contributed by atoms with Gasteiger partial charge < -0.3 is 9.84 Å². The van der Waals surface area contributed by atoms with Gasteiger partial charge in [0.15, 0.2) is 5.75 Å².